The lowest BCUT2D eigenvalue weighted by atomic mass is 10.0. The molecule has 1 aromatic carbocycles. The van der Waals surface area contributed by atoms with Crippen LogP contribution in [0.2, 0.25) is 0 Å². The molecular formula is C19H22N3O4. The number of aromatic amines is 1. The molecular weight excluding hydrogens is 334 g/mol. The van der Waals surface area contributed by atoms with Gasteiger partial charge in [-0.1, -0.05) is 6.07 Å². The number of carbonyl (C=O) groups excluding carboxylic acids is 2. The normalized spacial score (nSPS) is 19.3. The molecule has 0 aliphatic carbocycles. The summed E-state index contributed by atoms with van der Waals surface area (Å²) in [6, 6.07) is 7.54. The molecule has 0 saturated carbocycles. The topological polar surface area (TPSA) is 97.7 Å². The number of benzene rings is 1. The predicted molar refractivity (Wildman–Crippen MR) is 95.3 cm³/mol. The molecule has 0 atom stereocenters. The van der Waals surface area contributed by atoms with Crippen molar-refractivity contribution in [2.75, 3.05) is 26.3 Å². The first-order chi connectivity index (χ1) is 12.5. The molecule has 2 saturated heterocycles. The van der Waals surface area contributed by atoms with Crippen LogP contribution in [0.3, 0.4) is 0 Å². The number of nitrogens with one attached hydrogen (secondary N) is 1. The van der Waals surface area contributed by atoms with E-state index in [0.717, 1.165) is 29.3 Å². The third-order valence-corrected chi connectivity index (χ3v) is 5.11. The van der Waals surface area contributed by atoms with Gasteiger partial charge >= 0.3 is 0 Å². The van der Waals surface area contributed by atoms with E-state index in [1.54, 1.807) is 12.5 Å². The predicted octanol–water partition coefficient (Wildman–Crippen LogP) is 1.38. The average Bonchev–Trinajstić information content (AvgIpc) is 3.27. The number of H-pyrrole nitrogens is 1. The quantitative estimate of drug-likeness (QED) is 0.865. The standard InChI is InChI=1S/C19H22N3O4/c20-18(24)16-12-14-11-13(1-3-15(14)21-16)2-4-17(23)22-7-5-19(6-8-22)25-9-10-26-19/h1,3-4,11-12,21H,2,5-10H2,(H2,20,24). The molecule has 3 N–H and O–H groups in total. The highest BCUT2D eigenvalue weighted by Crippen LogP contribution is 2.31. The van der Waals surface area contributed by atoms with Gasteiger partial charge in [0.15, 0.2) is 5.79 Å². The third kappa shape index (κ3) is 3.32. The second-order valence-electron chi connectivity index (χ2n) is 6.81. The number of nitrogens with two attached hydrogens (primary N) is 1. The summed E-state index contributed by atoms with van der Waals surface area (Å²) in [5.74, 6) is -0.916. The number of nitrogens with zero attached hydrogens (tertiary/aromatic N) is 1. The fourth-order valence-electron chi connectivity index (χ4n) is 3.63. The van der Waals surface area contributed by atoms with Gasteiger partial charge in [0, 0.05) is 36.8 Å². The molecule has 26 heavy (non-hydrogen) atoms. The Kier molecular flexibility index (Phi) is 4.42. The summed E-state index contributed by atoms with van der Waals surface area (Å²) in [7, 11) is 0. The Morgan fingerprint density at radius 3 is 2.62 bits per heavy atom. The van der Waals surface area contributed by atoms with E-state index < -0.39 is 11.7 Å². The molecule has 2 aromatic rings. The molecule has 7 nitrogen and oxygen atoms in total. The zero-order valence-electron chi connectivity index (χ0n) is 14.5. The van der Waals surface area contributed by atoms with E-state index >= 15 is 0 Å². The number of piperidine rings is 1. The van der Waals surface area contributed by atoms with Crippen LogP contribution in [0.4, 0.5) is 0 Å². The zero-order chi connectivity index (χ0) is 18.1. The fraction of sp³-hybridized carbons (Fsp3) is 0.421. The van der Waals surface area contributed by atoms with E-state index in [1.807, 2.05) is 23.1 Å². The Balaban J connectivity index is 1.34. The Labute approximate surface area is 151 Å². The number of likely N-dealkylation sites (tertiary alicyclic amines) is 1. The molecule has 0 unspecified atom stereocenters. The monoisotopic (exact) mass is 356 g/mol. The smallest absolute Gasteiger partial charge is 0.265 e. The zero-order valence-corrected chi connectivity index (χ0v) is 14.5. The van der Waals surface area contributed by atoms with E-state index in [0.29, 0.717) is 38.4 Å². The number of ether oxygens (including phenoxy) is 2. The van der Waals surface area contributed by atoms with Gasteiger partial charge in [-0.15, -0.1) is 0 Å². The van der Waals surface area contributed by atoms with E-state index in [1.165, 1.54) is 0 Å². The van der Waals surface area contributed by atoms with Gasteiger partial charge in [-0.2, -0.15) is 0 Å². The highest BCUT2D eigenvalue weighted by Gasteiger charge is 2.40. The number of primary amides is 1. The Morgan fingerprint density at radius 1 is 1.19 bits per heavy atom. The van der Waals surface area contributed by atoms with E-state index in [9.17, 15) is 9.59 Å². The summed E-state index contributed by atoms with van der Waals surface area (Å²) in [6.07, 6.45) is 3.69. The fourth-order valence-corrected chi connectivity index (χ4v) is 3.63. The van der Waals surface area contributed by atoms with E-state index in [-0.39, 0.29) is 5.91 Å². The summed E-state index contributed by atoms with van der Waals surface area (Å²) in [6.45, 7) is 2.57. The number of fused-ring (bicyclic) bond motifs is 1. The van der Waals surface area contributed by atoms with Crippen molar-refractivity contribution in [1.82, 2.24) is 9.88 Å². The minimum atomic E-state index is -0.484. The first kappa shape index (κ1) is 17.1. The first-order valence-electron chi connectivity index (χ1n) is 8.86. The Hall–Kier alpha value is -2.38. The van der Waals surface area contributed by atoms with Gasteiger partial charge in [0.1, 0.15) is 5.69 Å². The summed E-state index contributed by atoms with van der Waals surface area (Å²) >= 11 is 0. The van der Waals surface area contributed by atoms with Crippen molar-refractivity contribution in [3.8, 4) is 0 Å². The lowest BCUT2D eigenvalue weighted by Crippen LogP contribution is -2.47. The molecule has 2 amide bonds. The largest absolute Gasteiger partial charge is 0.364 e. The maximum atomic E-state index is 12.5. The van der Waals surface area contributed by atoms with Crippen LogP contribution in [0, 0.1) is 6.42 Å². The summed E-state index contributed by atoms with van der Waals surface area (Å²) in [4.78, 5) is 28.5. The van der Waals surface area contributed by atoms with Gasteiger partial charge in [0.2, 0.25) is 5.91 Å². The van der Waals surface area contributed by atoms with Gasteiger partial charge in [0.25, 0.3) is 5.91 Å². The van der Waals surface area contributed by atoms with Gasteiger partial charge in [-0.25, -0.2) is 0 Å². The van der Waals surface area contributed by atoms with Crippen LogP contribution >= 0.6 is 0 Å². The van der Waals surface area contributed by atoms with Gasteiger partial charge in [-0.05, 0) is 30.2 Å². The molecule has 1 spiro atoms. The summed E-state index contributed by atoms with van der Waals surface area (Å²) < 4.78 is 11.4. The lowest BCUT2D eigenvalue weighted by Gasteiger charge is -2.37. The van der Waals surface area contributed by atoms with Crippen molar-refractivity contribution < 1.29 is 19.1 Å². The van der Waals surface area contributed by atoms with Crippen molar-refractivity contribution in [2.24, 2.45) is 5.73 Å². The molecule has 1 aromatic heterocycles. The highest BCUT2D eigenvalue weighted by molar-refractivity contribution is 5.97. The third-order valence-electron chi connectivity index (χ3n) is 5.11. The molecule has 7 heteroatoms. The second kappa shape index (κ2) is 6.74. The van der Waals surface area contributed by atoms with Crippen LogP contribution in [0.15, 0.2) is 24.3 Å². The van der Waals surface area contributed by atoms with Crippen LogP contribution in [0.5, 0.6) is 0 Å². The number of carbonyl (C=O) groups is 2. The van der Waals surface area contributed by atoms with Crippen LogP contribution in [-0.2, 0) is 20.7 Å². The maximum Gasteiger partial charge on any atom is 0.265 e. The summed E-state index contributed by atoms with van der Waals surface area (Å²) in [5, 5.41) is 0.910. The molecule has 3 heterocycles. The lowest BCUT2D eigenvalue weighted by molar-refractivity contribution is -0.186. The number of rotatable bonds is 4. The number of hydrogen-bond acceptors (Lipinski definition) is 4. The van der Waals surface area contributed by atoms with Gasteiger partial charge in [-0.3, -0.25) is 9.59 Å². The van der Waals surface area contributed by atoms with Crippen LogP contribution in [0.1, 0.15) is 28.9 Å². The molecule has 2 aliphatic heterocycles. The Morgan fingerprint density at radius 2 is 1.92 bits per heavy atom. The van der Waals surface area contributed by atoms with Gasteiger partial charge in [0.05, 0.1) is 19.6 Å². The van der Waals surface area contributed by atoms with Crippen molar-refractivity contribution in [3.05, 3.63) is 41.9 Å². The SMILES string of the molecule is NC(=O)c1cc2cc(C[CH]C(=O)N3CCC4(CC3)OCCO4)ccc2[nH]1. The first-order valence-corrected chi connectivity index (χ1v) is 8.86. The van der Waals surface area contributed by atoms with Crippen LogP contribution in [-0.4, -0.2) is 53.8 Å². The van der Waals surface area contributed by atoms with Crippen molar-refractivity contribution >= 4 is 22.7 Å². The average molecular weight is 356 g/mol. The number of aromatic nitrogens is 1. The highest BCUT2D eigenvalue weighted by atomic mass is 16.7. The summed E-state index contributed by atoms with van der Waals surface area (Å²) in [5.41, 5.74) is 7.54. The second-order valence-corrected chi connectivity index (χ2v) is 6.81. The minimum absolute atomic E-state index is 0.0323. The minimum Gasteiger partial charge on any atom is -0.364 e. The number of hydrogen-bond donors (Lipinski definition) is 2. The molecule has 2 aliphatic rings. The van der Waals surface area contributed by atoms with Crippen molar-refractivity contribution in [1.29, 1.82) is 0 Å². The van der Waals surface area contributed by atoms with Crippen LogP contribution in [0.25, 0.3) is 10.9 Å². The molecule has 2 fully saturated rings. The van der Waals surface area contributed by atoms with E-state index in [2.05, 4.69) is 4.98 Å². The Bertz CT molecular complexity index is 828. The van der Waals surface area contributed by atoms with Crippen molar-refractivity contribution in [3.63, 3.8) is 0 Å². The van der Waals surface area contributed by atoms with Crippen LogP contribution < -0.4 is 5.73 Å². The molecule has 137 valence electrons. The molecule has 0 bridgehead atoms. The van der Waals surface area contributed by atoms with E-state index in [4.69, 9.17) is 15.2 Å². The van der Waals surface area contributed by atoms with Gasteiger partial charge < -0.3 is 25.1 Å². The maximum absolute atomic E-state index is 12.5. The number of amides is 2. The van der Waals surface area contributed by atoms with Crippen molar-refractivity contribution in [2.45, 2.75) is 25.0 Å². The molecule has 1 radical (unpaired) electrons. The molecule has 4 rings (SSSR count).